The minimum atomic E-state index is -0.261. The van der Waals surface area contributed by atoms with E-state index in [4.69, 9.17) is 9.47 Å². The Morgan fingerprint density at radius 2 is 1.56 bits per heavy atom. The summed E-state index contributed by atoms with van der Waals surface area (Å²) in [7, 11) is 3.32. The first-order chi connectivity index (χ1) is 17.7. The van der Waals surface area contributed by atoms with Gasteiger partial charge in [0.2, 0.25) is 0 Å². The second-order valence-electron chi connectivity index (χ2n) is 9.34. The number of Topliss-reactive ketones (excluding diaryl/α,β-unsaturated/α-hetero) is 1. The molecule has 36 heavy (non-hydrogen) atoms. The van der Waals surface area contributed by atoms with Crippen LogP contribution in [-0.4, -0.2) is 20.0 Å². The maximum atomic E-state index is 14.0. The van der Waals surface area contributed by atoms with E-state index in [1.807, 2.05) is 36.4 Å². The van der Waals surface area contributed by atoms with Crippen LogP contribution in [0.4, 0.5) is 11.4 Å². The number of methoxy groups -OCH3 is 2. The molecule has 1 aliphatic heterocycles. The molecular weight excluding hydrogens is 448 g/mol. The van der Waals surface area contributed by atoms with Gasteiger partial charge in [-0.05, 0) is 53.1 Å². The molecule has 0 saturated heterocycles. The topological polar surface area (TPSA) is 59.6 Å². The predicted molar refractivity (Wildman–Crippen MR) is 144 cm³/mol. The largest absolute Gasteiger partial charge is 0.497 e. The Hall–Kier alpha value is -4.25. The van der Waals surface area contributed by atoms with Gasteiger partial charge >= 0.3 is 0 Å². The molecule has 2 atom stereocenters. The van der Waals surface area contributed by atoms with Crippen LogP contribution in [-0.2, 0) is 4.79 Å². The Morgan fingerprint density at radius 1 is 0.778 bits per heavy atom. The molecule has 2 aliphatic rings. The van der Waals surface area contributed by atoms with Gasteiger partial charge in [-0.1, -0.05) is 54.6 Å². The van der Waals surface area contributed by atoms with Crippen molar-refractivity contribution in [3.8, 4) is 11.5 Å². The summed E-state index contributed by atoms with van der Waals surface area (Å²) in [6, 6.07) is 28.3. The number of nitrogens with one attached hydrogen (secondary N) is 2. The second-order valence-corrected chi connectivity index (χ2v) is 9.34. The summed E-state index contributed by atoms with van der Waals surface area (Å²) < 4.78 is 11.2. The fourth-order valence-electron chi connectivity index (χ4n) is 5.61. The summed E-state index contributed by atoms with van der Waals surface area (Å²) >= 11 is 0. The van der Waals surface area contributed by atoms with Crippen molar-refractivity contribution in [2.24, 2.45) is 0 Å². The van der Waals surface area contributed by atoms with Crippen molar-refractivity contribution in [1.82, 2.24) is 0 Å². The van der Waals surface area contributed by atoms with E-state index < -0.39 is 0 Å². The summed E-state index contributed by atoms with van der Waals surface area (Å²) in [5.74, 6) is 1.65. The highest BCUT2D eigenvalue weighted by atomic mass is 16.5. The van der Waals surface area contributed by atoms with E-state index in [0.29, 0.717) is 12.8 Å². The molecule has 6 rings (SSSR count). The van der Waals surface area contributed by atoms with Gasteiger partial charge in [-0.25, -0.2) is 0 Å². The van der Waals surface area contributed by atoms with Crippen LogP contribution in [0.25, 0.3) is 10.8 Å². The van der Waals surface area contributed by atoms with Gasteiger partial charge in [0.1, 0.15) is 11.5 Å². The fraction of sp³-hybridized carbons (Fsp3) is 0.194. The Morgan fingerprint density at radius 3 is 2.39 bits per heavy atom. The Kier molecular flexibility index (Phi) is 5.61. The molecule has 0 saturated carbocycles. The summed E-state index contributed by atoms with van der Waals surface area (Å²) in [4.78, 5) is 14.0. The van der Waals surface area contributed by atoms with Crippen LogP contribution in [0.3, 0.4) is 0 Å². The standard InChI is InChI=1S/C31H28N2O3/c1-35-21-14-15-29(36-2)24(18-21)20-16-27-30(28(34)17-20)31(33-26-13-6-5-12-25(26)32-27)23-11-7-9-19-8-3-4-10-22(19)23/h3-15,18,20,31-33H,16-17H2,1-2H3. The van der Waals surface area contributed by atoms with Crippen LogP contribution in [0, 0.1) is 0 Å². The van der Waals surface area contributed by atoms with Gasteiger partial charge in [0.25, 0.3) is 0 Å². The molecule has 5 heteroatoms. The number of rotatable bonds is 4. The number of hydrogen-bond donors (Lipinski definition) is 2. The number of ketones is 1. The van der Waals surface area contributed by atoms with Gasteiger partial charge < -0.3 is 20.1 Å². The Balaban J connectivity index is 1.51. The highest BCUT2D eigenvalue weighted by Crippen LogP contribution is 2.47. The zero-order valence-electron chi connectivity index (χ0n) is 20.4. The minimum Gasteiger partial charge on any atom is -0.497 e. The Bertz CT molecular complexity index is 1500. The zero-order valence-corrected chi connectivity index (χ0v) is 20.4. The van der Waals surface area contributed by atoms with Crippen LogP contribution >= 0.6 is 0 Å². The van der Waals surface area contributed by atoms with Gasteiger partial charge in [-0.15, -0.1) is 0 Å². The molecule has 0 bridgehead atoms. The van der Waals surface area contributed by atoms with E-state index in [9.17, 15) is 4.79 Å². The van der Waals surface area contributed by atoms with E-state index in [1.165, 1.54) is 0 Å². The predicted octanol–water partition coefficient (Wildman–Crippen LogP) is 6.84. The summed E-state index contributed by atoms with van der Waals surface area (Å²) in [5, 5.41) is 9.64. The van der Waals surface area contributed by atoms with Crippen LogP contribution in [0.2, 0.25) is 0 Å². The number of benzene rings is 4. The van der Waals surface area contributed by atoms with Crippen LogP contribution in [0.5, 0.6) is 11.5 Å². The number of anilines is 2. The first-order valence-corrected chi connectivity index (χ1v) is 12.2. The number of ether oxygens (including phenoxy) is 2. The molecule has 1 heterocycles. The molecule has 0 radical (unpaired) electrons. The third-order valence-corrected chi connectivity index (χ3v) is 7.32. The lowest BCUT2D eigenvalue weighted by atomic mass is 9.77. The molecule has 0 fully saturated rings. The van der Waals surface area contributed by atoms with Crippen molar-refractivity contribution in [2.45, 2.75) is 24.8 Å². The van der Waals surface area contributed by atoms with Crippen molar-refractivity contribution in [3.63, 3.8) is 0 Å². The number of fused-ring (bicyclic) bond motifs is 2. The van der Waals surface area contributed by atoms with Crippen molar-refractivity contribution in [1.29, 1.82) is 0 Å². The lowest BCUT2D eigenvalue weighted by Crippen LogP contribution is -2.27. The monoisotopic (exact) mass is 476 g/mol. The minimum absolute atomic E-state index is 0.0211. The molecule has 4 aromatic rings. The van der Waals surface area contributed by atoms with E-state index >= 15 is 0 Å². The number of hydrogen-bond acceptors (Lipinski definition) is 5. The quantitative estimate of drug-likeness (QED) is 0.338. The Labute approximate surface area is 210 Å². The van der Waals surface area contributed by atoms with Crippen molar-refractivity contribution >= 4 is 27.9 Å². The SMILES string of the molecule is COc1ccc(OC)c(C2CC(=O)C3=C(C2)Nc2ccccc2NC3c2cccc3ccccc23)c1. The average molecular weight is 477 g/mol. The first kappa shape index (κ1) is 22.2. The average Bonchev–Trinajstić information content (AvgIpc) is 3.09. The molecule has 1 aliphatic carbocycles. The van der Waals surface area contributed by atoms with Gasteiger partial charge in [-0.2, -0.15) is 0 Å². The zero-order chi connectivity index (χ0) is 24.6. The van der Waals surface area contributed by atoms with Crippen LogP contribution in [0.15, 0.2) is 96.2 Å². The van der Waals surface area contributed by atoms with Gasteiger partial charge in [0.05, 0.1) is 31.6 Å². The fourth-order valence-corrected chi connectivity index (χ4v) is 5.61. The lowest BCUT2D eigenvalue weighted by Gasteiger charge is -2.31. The highest BCUT2D eigenvalue weighted by molar-refractivity contribution is 6.02. The van der Waals surface area contributed by atoms with E-state index in [-0.39, 0.29) is 17.7 Å². The smallest absolute Gasteiger partial charge is 0.163 e. The molecule has 0 spiro atoms. The van der Waals surface area contributed by atoms with E-state index in [2.05, 4.69) is 59.2 Å². The molecular formula is C31H28N2O3. The number of para-hydroxylation sites is 2. The molecule has 0 aromatic heterocycles. The third-order valence-electron chi connectivity index (χ3n) is 7.32. The van der Waals surface area contributed by atoms with Gasteiger partial charge in [0, 0.05) is 29.2 Å². The molecule has 180 valence electrons. The van der Waals surface area contributed by atoms with Gasteiger partial charge in [-0.3, -0.25) is 4.79 Å². The van der Waals surface area contributed by atoms with Crippen LogP contribution < -0.4 is 20.1 Å². The van der Waals surface area contributed by atoms with Gasteiger partial charge in [0.15, 0.2) is 5.78 Å². The number of carbonyl (C=O) groups is 1. The molecule has 0 amide bonds. The normalized spacial score (nSPS) is 19.0. The third kappa shape index (κ3) is 3.77. The van der Waals surface area contributed by atoms with Crippen molar-refractivity contribution in [3.05, 3.63) is 107 Å². The summed E-state index contributed by atoms with van der Waals surface area (Å²) in [6.07, 6.45) is 1.10. The van der Waals surface area contributed by atoms with Crippen LogP contribution in [0.1, 0.15) is 35.9 Å². The van der Waals surface area contributed by atoms with E-state index in [1.54, 1.807) is 14.2 Å². The lowest BCUT2D eigenvalue weighted by molar-refractivity contribution is -0.116. The van der Waals surface area contributed by atoms with Crippen molar-refractivity contribution in [2.75, 3.05) is 24.9 Å². The molecule has 4 aromatic carbocycles. The number of allylic oxidation sites excluding steroid dienone is 1. The van der Waals surface area contributed by atoms with Crippen molar-refractivity contribution < 1.29 is 14.3 Å². The summed E-state index contributed by atoms with van der Waals surface area (Å²) in [5.41, 5.74) is 5.81. The maximum absolute atomic E-state index is 14.0. The molecule has 5 nitrogen and oxygen atoms in total. The second kappa shape index (κ2) is 9.08. The highest BCUT2D eigenvalue weighted by Gasteiger charge is 2.37. The van der Waals surface area contributed by atoms with E-state index in [0.717, 1.165) is 56.0 Å². The number of carbonyl (C=O) groups excluding carboxylic acids is 1. The molecule has 2 N–H and O–H groups in total. The summed E-state index contributed by atoms with van der Waals surface area (Å²) in [6.45, 7) is 0. The first-order valence-electron chi connectivity index (χ1n) is 12.2. The maximum Gasteiger partial charge on any atom is 0.163 e. The molecule has 2 unspecified atom stereocenters.